The first-order valence-electron chi connectivity index (χ1n) is 7.39. The van der Waals surface area contributed by atoms with E-state index in [0.717, 1.165) is 11.1 Å². The molecule has 0 atom stereocenters. The Morgan fingerprint density at radius 2 is 1.83 bits per heavy atom. The van der Waals surface area contributed by atoms with Gasteiger partial charge in [-0.05, 0) is 48.0 Å². The van der Waals surface area contributed by atoms with Crippen molar-refractivity contribution in [2.45, 2.75) is 6.92 Å². The van der Waals surface area contributed by atoms with E-state index in [1.807, 2.05) is 67.6 Å². The molecule has 120 valence electrons. The number of thioether (sulfide) groups is 1. The van der Waals surface area contributed by atoms with Crippen molar-refractivity contribution in [3.63, 3.8) is 0 Å². The summed E-state index contributed by atoms with van der Waals surface area (Å²) in [6.45, 7) is 1.97. The number of rotatable bonds is 3. The summed E-state index contributed by atoms with van der Waals surface area (Å²) in [5.74, 6) is -0.147. The first kappa shape index (κ1) is 16.6. The number of allylic oxidation sites excluding steroid dienone is 2. The van der Waals surface area contributed by atoms with Gasteiger partial charge in [-0.15, -0.1) is 0 Å². The average Bonchev–Trinajstić information content (AvgIpc) is 2.90. The van der Waals surface area contributed by atoms with E-state index >= 15 is 0 Å². The van der Waals surface area contributed by atoms with Gasteiger partial charge in [-0.2, -0.15) is 0 Å². The monoisotopic (exact) mass is 354 g/mol. The van der Waals surface area contributed by atoms with Gasteiger partial charge in [0.2, 0.25) is 0 Å². The smallest absolute Gasteiger partial charge is 0.264 e. The lowest BCUT2D eigenvalue weighted by atomic mass is 10.1. The standard InChI is InChI=1S/C19H15ClN2OS/c1-13(11-14-7-3-2-4-8-14)12-17-18(23)22-19(24-17)21-16-10-6-5-9-15(16)20/h2-12H,1H3,(H,21,22,23)/b13-11-,17-12+. The number of carbonyl (C=O) groups is 1. The maximum absolute atomic E-state index is 12.1. The summed E-state index contributed by atoms with van der Waals surface area (Å²) in [6, 6.07) is 17.3. The third-order valence-electron chi connectivity index (χ3n) is 3.28. The van der Waals surface area contributed by atoms with Crippen LogP contribution >= 0.6 is 23.4 Å². The van der Waals surface area contributed by atoms with Crippen molar-refractivity contribution in [3.05, 3.63) is 81.7 Å². The van der Waals surface area contributed by atoms with Gasteiger partial charge in [0.05, 0.1) is 15.6 Å². The number of benzene rings is 2. The fourth-order valence-electron chi connectivity index (χ4n) is 2.19. The van der Waals surface area contributed by atoms with E-state index in [0.29, 0.717) is 20.8 Å². The number of halogens is 1. The summed E-state index contributed by atoms with van der Waals surface area (Å²) in [5, 5.41) is 3.86. The first-order chi connectivity index (χ1) is 11.6. The fraction of sp³-hybridized carbons (Fsp3) is 0.0526. The molecule has 0 unspecified atom stereocenters. The van der Waals surface area contributed by atoms with Crippen LogP contribution in [0.15, 0.2) is 76.1 Å². The Balaban J connectivity index is 1.80. The maximum atomic E-state index is 12.1. The van der Waals surface area contributed by atoms with E-state index in [-0.39, 0.29) is 5.91 Å². The summed E-state index contributed by atoms with van der Waals surface area (Å²) in [4.78, 5) is 17.1. The zero-order valence-corrected chi connectivity index (χ0v) is 14.6. The van der Waals surface area contributed by atoms with Crippen molar-refractivity contribution >= 4 is 46.2 Å². The second-order valence-electron chi connectivity index (χ2n) is 5.23. The van der Waals surface area contributed by atoms with Gasteiger partial charge in [0.1, 0.15) is 0 Å². The van der Waals surface area contributed by atoms with E-state index in [2.05, 4.69) is 10.3 Å². The van der Waals surface area contributed by atoms with E-state index in [4.69, 9.17) is 11.6 Å². The molecule has 2 aromatic carbocycles. The Kier molecular flexibility index (Phi) is 5.18. The molecule has 0 spiro atoms. The molecule has 3 nitrogen and oxygen atoms in total. The van der Waals surface area contributed by atoms with Crippen LogP contribution in [0.25, 0.3) is 6.08 Å². The summed E-state index contributed by atoms with van der Waals surface area (Å²) in [7, 11) is 0. The SMILES string of the molecule is CC(=C/c1ccccc1)/C=C1/SC(=Nc2ccccc2Cl)NC1=O. The van der Waals surface area contributed by atoms with Crippen LogP contribution in [-0.4, -0.2) is 11.1 Å². The molecule has 1 N–H and O–H groups in total. The second kappa shape index (κ2) is 7.51. The molecule has 3 rings (SSSR count). The second-order valence-corrected chi connectivity index (χ2v) is 6.67. The van der Waals surface area contributed by atoms with Crippen molar-refractivity contribution < 1.29 is 4.79 Å². The number of amides is 1. The van der Waals surface area contributed by atoms with Crippen LogP contribution in [0, 0.1) is 0 Å². The summed E-state index contributed by atoms with van der Waals surface area (Å²) in [6.07, 6.45) is 3.90. The Morgan fingerprint density at radius 1 is 1.12 bits per heavy atom. The Labute approximate surface area is 150 Å². The van der Waals surface area contributed by atoms with Crippen molar-refractivity contribution in [2.75, 3.05) is 0 Å². The highest BCUT2D eigenvalue weighted by atomic mass is 35.5. The zero-order valence-electron chi connectivity index (χ0n) is 13.0. The number of hydrogen-bond acceptors (Lipinski definition) is 3. The molecule has 1 fully saturated rings. The molecule has 1 aliphatic heterocycles. The fourth-order valence-corrected chi connectivity index (χ4v) is 3.26. The number of amidine groups is 1. The van der Waals surface area contributed by atoms with Gasteiger partial charge in [-0.1, -0.05) is 60.1 Å². The molecule has 1 saturated heterocycles. The highest BCUT2D eigenvalue weighted by Gasteiger charge is 2.23. The molecule has 2 aromatic rings. The predicted octanol–water partition coefficient (Wildman–Crippen LogP) is 5.18. The molecule has 0 aliphatic carbocycles. The van der Waals surface area contributed by atoms with Crippen molar-refractivity contribution in [3.8, 4) is 0 Å². The topological polar surface area (TPSA) is 41.5 Å². The molecular formula is C19H15ClN2OS. The highest BCUT2D eigenvalue weighted by Crippen LogP contribution is 2.30. The molecular weight excluding hydrogens is 340 g/mol. The summed E-state index contributed by atoms with van der Waals surface area (Å²) in [5.41, 5.74) is 2.73. The van der Waals surface area contributed by atoms with Crippen molar-refractivity contribution in [2.24, 2.45) is 4.99 Å². The van der Waals surface area contributed by atoms with Crippen LogP contribution in [0.5, 0.6) is 0 Å². The molecule has 1 heterocycles. The largest absolute Gasteiger partial charge is 0.300 e. The Hall–Kier alpha value is -2.30. The van der Waals surface area contributed by atoms with Crippen LogP contribution in [-0.2, 0) is 4.79 Å². The number of nitrogens with one attached hydrogen (secondary N) is 1. The lowest BCUT2D eigenvalue weighted by molar-refractivity contribution is -0.115. The maximum Gasteiger partial charge on any atom is 0.264 e. The van der Waals surface area contributed by atoms with Crippen LogP contribution in [0.2, 0.25) is 5.02 Å². The van der Waals surface area contributed by atoms with Gasteiger partial charge in [0.25, 0.3) is 5.91 Å². The average molecular weight is 355 g/mol. The Bertz CT molecular complexity index is 857. The minimum atomic E-state index is -0.147. The highest BCUT2D eigenvalue weighted by molar-refractivity contribution is 8.18. The van der Waals surface area contributed by atoms with E-state index in [9.17, 15) is 4.79 Å². The van der Waals surface area contributed by atoms with Gasteiger partial charge in [-0.25, -0.2) is 4.99 Å². The quantitative estimate of drug-likeness (QED) is 0.772. The summed E-state index contributed by atoms with van der Waals surface area (Å²) >= 11 is 7.41. The van der Waals surface area contributed by atoms with Gasteiger partial charge in [0, 0.05) is 0 Å². The van der Waals surface area contributed by atoms with Crippen LogP contribution in [0.1, 0.15) is 12.5 Å². The number of nitrogens with zero attached hydrogens (tertiary/aromatic N) is 1. The number of hydrogen-bond donors (Lipinski definition) is 1. The normalized spacial score (nSPS) is 18.2. The van der Waals surface area contributed by atoms with Crippen LogP contribution in [0.3, 0.4) is 0 Å². The lowest BCUT2D eigenvalue weighted by Gasteiger charge is -1.98. The van der Waals surface area contributed by atoms with Gasteiger partial charge < -0.3 is 5.32 Å². The number of para-hydroxylation sites is 1. The number of aliphatic imine (C=N–C) groups is 1. The first-order valence-corrected chi connectivity index (χ1v) is 8.59. The van der Waals surface area contributed by atoms with E-state index in [1.54, 1.807) is 6.07 Å². The van der Waals surface area contributed by atoms with Gasteiger partial charge in [0.15, 0.2) is 5.17 Å². The lowest BCUT2D eigenvalue weighted by Crippen LogP contribution is -2.19. The minimum Gasteiger partial charge on any atom is -0.300 e. The molecule has 0 aromatic heterocycles. The van der Waals surface area contributed by atoms with Crippen molar-refractivity contribution in [1.29, 1.82) is 0 Å². The van der Waals surface area contributed by atoms with Crippen molar-refractivity contribution in [1.82, 2.24) is 5.32 Å². The molecule has 0 bridgehead atoms. The minimum absolute atomic E-state index is 0.147. The molecule has 0 radical (unpaired) electrons. The third-order valence-corrected chi connectivity index (χ3v) is 4.51. The molecule has 1 amide bonds. The zero-order chi connectivity index (χ0) is 16.9. The van der Waals surface area contributed by atoms with Crippen LogP contribution < -0.4 is 5.32 Å². The molecule has 1 aliphatic rings. The van der Waals surface area contributed by atoms with E-state index in [1.165, 1.54) is 11.8 Å². The number of carbonyl (C=O) groups excluding carboxylic acids is 1. The van der Waals surface area contributed by atoms with E-state index < -0.39 is 0 Å². The van der Waals surface area contributed by atoms with Gasteiger partial charge >= 0.3 is 0 Å². The summed E-state index contributed by atoms with van der Waals surface area (Å²) < 4.78 is 0. The third kappa shape index (κ3) is 4.16. The molecule has 24 heavy (non-hydrogen) atoms. The predicted molar refractivity (Wildman–Crippen MR) is 102 cm³/mol. The molecule has 5 heteroatoms. The Morgan fingerprint density at radius 3 is 2.58 bits per heavy atom. The van der Waals surface area contributed by atoms with Crippen LogP contribution in [0.4, 0.5) is 5.69 Å². The van der Waals surface area contributed by atoms with Gasteiger partial charge in [-0.3, -0.25) is 4.79 Å². The molecule has 0 saturated carbocycles.